The summed E-state index contributed by atoms with van der Waals surface area (Å²) in [6.07, 6.45) is 0.150. The van der Waals surface area contributed by atoms with Gasteiger partial charge in [-0.1, -0.05) is 6.92 Å². The molecule has 0 spiro atoms. The van der Waals surface area contributed by atoms with Crippen molar-refractivity contribution < 1.29 is 19.2 Å². The molecule has 0 aliphatic carbocycles. The molecule has 0 amide bonds. The molecule has 1 aromatic rings. The van der Waals surface area contributed by atoms with Crippen LogP contribution >= 0.6 is 15.9 Å². The van der Waals surface area contributed by atoms with E-state index in [1.54, 1.807) is 6.92 Å². The van der Waals surface area contributed by atoms with E-state index in [1.165, 1.54) is 0 Å². The van der Waals surface area contributed by atoms with Crippen LogP contribution in [-0.4, -0.2) is 16.0 Å². The van der Waals surface area contributed by atoms with Gasteiger partial charge < -0.3 is 5.11 Å². The molecule has 5 nitrogen and oxygen atoms in total. The van der Waals surface area contributed by atoms with Crippen LogP contribution in [0.5, 0.6) is 0 Å². The average Bonchev–Trinajstić information content (AvgIpc) is 2.22. The van der Waals surface area contributed by atoms with E-state index in [-0.39, 0.29) is 16.5 Å². The largest absolute Gasteiger partial charge is 0.481 e. The third-order valence-corrected chi connectivity index (χ3v) is 2.96. The number of halogens is 2. The van der Waals surface area contributed by atoms with Crippen LogP contribution in [0.2, 0.25) is 0 Å². The van der Waals surface area contributed by atoms with E-state index in [1.807, 2.05) is 0 Å². The Hall–Kier alpha value is -1.50. The van der Waals surface area contributed by atoms with Gasteiger partial charge in [-0.2, -0.15) is 0 Å². The van der Waals surface area contributed by atoms with E-state index in [2.05, 4.69) is 15.9 Å². The van der Waals surface area contributed by atoms with E-state index >= 15 is 0 Å². The van der Waals surface area contributed by atoms with Gasteiger partial charge in [0, 0.05) is 11.6 Å². The Morgan fingerprint density at radius 2 is 2.24 bits per heavy atom. The summed E-state index contributed by atoms with van der Waals surface area (Å²) in [7, 11) is 0. The van der Waals surface area contributed by atoms with Crippen molar-refractivity contribution in [3.05, 3.63) is 38.1 Å². The zero-order valence-electron chi connectivity index (χ0n) is 8.81. The lowest BCUT2D eigenvalue weighted by Gasteiger charge is -2.11. The Kier molecular flexibility index (Phi) is 4.17. The minimum Gasteiger partial charge on any atom is -0.481 e. The standard InChI is InChI=1S/C10H9BrFNO4/c1-2-5(10(14)15)6-3-8(12)7(11)4-9(6)13(16)17/h3-5H,2H2,1H3,(H,14,15). The molecule has 0 aliphatic heterocycles. The molecule has 17 heavy (non-hydrogen) atoms. The molecule has 1 atom stereocenters. The van der Waals surface area contributed by atoms with Gasteiger partial charge in [-0.3, -0.25) is 14.9 Å². The van der Waals surface area contributed by atoms with E-state index in [0.717, 1.165) is 12.1 Å². The Balaban J connectivity index is 3.44. The molecule has 92 valence electrons. The summed E-state index contributed by atoms with van der Waals surface area (Å²) < 4.78 is 13.3. The van der Waals surface area contributed by atoms with Crippen LogP contribution in [0.4, 0.5) is 10.1 Å². The number of carboxylic acid groups (broad SMARTS) is 1. The van der Waals surface area contributed by atoms with Crippen LogP contribution < -0.4 is 0 Å². The molecule has 0 aromatic heterocycles. The number of hydrogen-bond donors (Lipinski definition) is 1. The fraction of sp³-hybridized carbons (Fsp3) is 0.300. The molecule has 1 aromatic carbocycles. The van der Waals surface area contributed by atoms with Crippen molar-refractivity contribution in [2.24, 2.45) is 0 Å². The van der Waals surface area contributed by atoms with E-state index in [9.17, 15) is 19.3 Å². The van der Waals surface area contributed by atoms with Crippen molar-refractivity contribution in [2.45, 2.75) is 19.3 Å². The first-order valence-electron chi connectivity index (χ1n) is 4.74. The lowest BCUT2D eigenvalue weighted by Crippen LogP contribution is -2.13. The average molecular weight is 306 g/mol. The van der Waals surface area contributed by atoms with Crippen LogP contribution in [0.15, 0.2) is 16.6 Å². The third kappa shape index (κ3) is 2.79. The smallest absolute Gasteiger partial charge is 0.311 e. The summed E-state index contributed by atoms with van der Waals surface area (Å²) >= 11 is 2.83. The van der Waals surface area contributed by atoms with E-state index < -0.39 is 28.3 Å². The molecule has 0 saturated heterocycles. The summed E-state index contributed by atoms with van der Waals surface area (Å²) in [5.74, 6) is -3.01. The van der Waals surface area contributed by atoms with Crippen molar-refractivity contribution in [3.8, 4) is 0 Å². The summed E-state index contributed by atoms with van der Waals surface area (Å²) in [5.41, 5.74) is -0.516. The Morgan fingerprint density at radius 1 is 1.65 bits per heavy atom. The van der Waals surface area contributed by atoms with Crippen LogP contribution in [0, 0.1) is 15.9 Å². The first-order chi connectivity index (χ1) is 7.88. The van der Waals surface area contributed by atoms with Crippen molar-refractivity contribution >= 4 is 27.6 Å². The molecule has 0 heterocycles. The maximum absolute atomic E-state index is 13.3. The first-order valence-corrected chi connectivity index (χ1v) is 5.53. The highest BCUT2D eigenvalue weighted by Crippen LogP contribution is 2.33. The zero-order valence-corrected chi connectivity index (χ0v) is 10.4. The molecule has 7 heteroatoms. The minimum absolute atomic E-state index is 0.0619. The Morgan fingerprint density at radius 3 is 2.65 bits per heavy atom. The van der Waals surface area contributed by atoms with Crippen LogP contribution in [0.1, 0.15) is 24.8 Å². The Labute approximate surface area is 105 Å². The fourth-order valence-electron chi connectivity index (χ4n) is 1.52. The van der Waals surface area contributed by atoms with Crippen molar-refractivity contribution in [1.29, 1.82) is 0 Å². The maximum atomic E-state index is 13.3. The summed E-state index contributed by atoms with van der Waals surface area (Å²) in [6, 6.07) is 1.88. The number of aliphatic carboxylic acids is 1. The molecule has 0 bridgehead atoms. The van der Waals surface area contributed by atoms with Gasteiger partial charge in [-0.25, -0.2) is 4.39 Å². The number of nitrogens with zero attached hydrogens (tertiary/aromatic N) is 1. The van der Waals surface area contributed by atoms with Gasteiger partial charge in [0.1, 0.15) is 5.82 Å². The third-order valence-electron chi connectivity index (χ3n) is 2.35. The number of carboxylic acids is 1. The van der Waals surface area contributed by atoms with Gasteiger partial charge in [0.05, 0.1) is 15.3 Å². The second kappa shape index (κ2) is 5.22. The van der Waals surface area contributed by atoms with E-state index in [4.69, 9.17) is 5.11 Å². The lowest BCUT2D eigenvalue weighted by atomic mass is 9.95. The molecule has 0 aliphatic rings. The molecule has 1 rings (SSSR count). The van der Waals surface area contributed by atoms with Gasteiger partial charge >= 0.3 is 5.97 Å². The van der Waals surface area contributed by atoms with Gasteiger partial charge in [0.15, 0.2) is 0 Å². The van der Waals surface area contributed by atoms with Crippen LogP contribution in [0.3, 0.4) is 0 Å². The van der Waals surface area contributed by atoms with Crippen molar-refractivity contribution in [3.63, 3.8) is 0 Å². The van der Waals surface area contributed by atoms with Crippen molar-refractivity contribution in [1.82, 2.24) is 0 Å². The monoisotopic (exact) mass is 305 g/mol. The Bertz CT molecular complexity index is 478. The number of nitro benzene ring substituents is 1. The first kappa shape index (κ1) is 13.6. The van der Waals surface area contributed by atoms with Crippen LogP contribution in [-0.2, 0) is 4.79 Å². The molecular formula is C10H9BrFNO4. The zero-order chi connectivity index (χ0) is 13.2. The topological polar surface area (TPSA) is 80.4 Å². The fourth-order valence-corrected chi connectivity index (χ4v) is 1.85. The second-order valence-electron chi connectivity index (χ2n) is 3.38. The molecule has 1 N–H and O–H groups in total. The predicted molar refractivity (Wildman–Crippen MR) is 61.4 cm³/mol. The lowest BCUT2D eigenvalue weighted by molar-refractivity contribution is -0.385. The molecule has 0 saturated carbocycles. The van der Waals surface area contributed by atoms with Gasteiger partial charge in [0.25, 0.3) is 5.69 Å². The molecule has 0 fully saturated rings. The predicted octanol–water partition coefficient (Wildman–Crippen LogP) is 3.07. The SMILES string of the molecule is CCC(C(=O)O)c1cc(F)c(Br)cc1[N+](=O)[O-]. The highest BCUT2D eigenvalue weighted by atomic mass is 79.9. The second-order valence-corrected chi connectivity index (χ2v) is 4.24. The number of benzene rings is 1. The number of carbonyl (C=O) groups is 1. The summed E-state index contributed by atoms with van der Waals surface area (Å²) in [5, 5.41) is 19.7. The number of hydrogen-bond acceptors (Lipinski definition) is 3. The molecular weight excluding hydrogens is 297 g/mol. The molecule has 1 unspecified atom stereocenters. The quantitative estimate of drug-likeness (QED) is 0.684. The summed E-state index contributed by atoms with van der Waals surface area (Å²) in [4.78, 5) is 21.0. The number of rotatable bonds is 4. The summed E-state index contributed by atoms with van der Waals surface area (Å²) in [6.45, 7) is 1.57. The van der Waals surface area contributed by atoms with Crippen molar-refractivity contribution in [2.75, 3.05) is 0 Å². The number of nitro groups is 1. The van der Waals surface area contributed by atoms with Gasteiger partial charge in [-0.15, -0.1) is 0 Å². The normalized spacial score (nSPS) is 12.2. The van der Waals surface area contributed by atoms with E-state index in [0.29, 0.717) is 0 Å². The molecule has 0 radical (unpaired) electrons. The van der Waals surface area contributed by atoms with Crippen LogP contribution in [0.25, 0.3) is 0 Å². The van der Waals surface area contributed by atoms with Gasteiger partial charge in [0.2, 0.25) is 0 Å². The highest BCUT2D eigenvalue weighted by Gasteiger charge is 2.28. The maximum Gasteiger partial charge on any atom is 0.311 e. The highest BCUT2D eigenvalue weighted by molar-refractivity contribution is 9.10. The minimum atomic E-state index is -1.21. The van der Waals surface area contributed by atoms with Gasteiger partial charge in [-0.05, 0) is 28.4 Å².